The summed E-state index contributed by atoms with van der Waals surface area (Å²) in [5, 5.41) is 3.33. The molecule has 0 unspecified atom stereocenters. The molecule has 1 N–H and O–H groups in total. The highest BCUT2D eigenvalue weighted by molar-refractivity contribution is 9.10. The number of amides is 2. The Balaban J connectivity index is 2.08. The minimum Gasteiger partial charge on any atom is -0.352 e. The van der Waals surface area contributed by atoms with E-state index in [0.717, 1.165) is 9.87 Å². The molecule has 3 aromatic rings. The van der Waals surface area contributed by atoms with Gasteiger partial charge >= 0.3 is 0 Å². The molecule has 0 saturated carbocycles. The average molecular weight is 635 g/mol. The van der Waals surface area contributed by atoms with Gasteiger partial charge in [0.05, 0.1) is 10.6 Å². The summed E-state index contributed by atoms with van der Waals surface area (Å²) in [6, 6.07) is 19.3. The van der Waals surface area contributed by atoms with Gasteiger partial charge in [-0.05, 0) is 69.2 Å². The second-order valence-corrected chi connectivity index (χ2v) is 12.7. The van der Waals surface area contributed by atoms with Crippen molar-refractivity contribution in [3.05, 3.63) is 93.4 Å². The standard InChI is InChI=1S/C29H33BrClN3O4S/c1-5-27(29(36)32-20(2)3)33(18-22-9-6-7-12-26(22)31)28(35)19-34(24-11-8-10-23(30)17-24)39(37,38)25-15-13-21(4)14-16-25/h6-17,20,27H,5,18-19H2,1-4H3,(H,32,36)/t27-/m0/s1. The first kappa shape index (κ1) is 30.7. The van der Waals surface area contributed by atoms with E-state index in [-0.39, 0.29) is 23.4 Å². The fourth-order valence-electron chi connectivity index (χ4n) is 4.11. The Bertz CT molecular complexity index is 1410. The van der Waals surface area contributed by atoms with Crippen LogP contribution in [-0.4, -0.2) is 43.8 Å². The summed E-state index contributed by atoms with van der Waals surface area (Å²) in [6.07, 6.45) is 0.330. The van der Waals surface area contributed by atoms with Crippen molar-refractivity contribution in [2.75, 3.05) is 10.8 Å². The van der Waals surface area contributed by atoms with Gasteiger partial charge in [0.25, 0.3) is 10.0 Å². The molecule has 39 heavy (non-hydrogen) atoms. The van der Waals surface area contributed by atoms with Crippen LogP contribution in [0, 0.1) is 6.92 Å². The molecule has 0 radical (unpaired) electrons. The highest BCUT2D eigenvalue weighted by atomic mass is 79.9. The Labute approximate surface area is 244 Å². The highest BCUT2D eigenvalue weighted by Gasteiger charge is 2.34. The van der Waals surface area contributed by atoms with Crippen LogP contribution >= 0.6 is 27.5 Å². The van der Waals surface area contributed by atoms with Gasteiger partial charge < -0.3 is 10.2 Å². The summed E-state index contributed by atoms with van der Waals surface area (Å²) in [6.45, 7) is 6.89. The van der Waals surface area contributed by atoms with Crippen LogP contribution in [0.3, 0.4) is 0 Å². The van der Waals surface area contributed by atoms with E-state index in [2.05, 4.69) is 21.2 Å². The number of nitrogens with one attached hydrogen (secondary N) is 1. The molecule has 1 atom stereocenters. The van der Waals surface area contributed by atoms with Crippen LogP contribution in [0.15, 0.2) is 82.2 Å². The summed E-state index contributed by atoms with van der Waals surface area (Å²) in [5.41, 5.74) is 1.88. The Hall–Kier alpha value is -2.88. The molecule has 10 heteroatoms. The molecule has 0 bridgehead atoms. The van der Waals surface area contributed by atoms with E-state index in [1.807, 2.05) is 27.7 Å². The second kappa shape index (κ2) is 13.5. The third-order valence-electron chi connectivity index (χ3n) is 6.10. The topological polar surface area (TPSA) is 86.8 Å². The molecule has 0 fully saturated rings. The quantitative estimate of drug-likeness (QED) is 0.283. The predicted molar refractivity (Wildman–Crippen MR) is 159 cm³/mol. The lowest BCUT2D eigenvalue weighted by molar-refractivity contribution is -0.140. The molecule has 3 rings (SSSR count). The Morgan fingerprint density at radius 2 is 1.67 bits per heavy atom. The third-order valence-corrected chi connectivity index (χ3v) is 8.75. The molecule has 7 nitrogen and oxygen atoms in total. The number of hydrogen-bond donors (Lipinski definition) is 1. The fourth-order valence-corrected chi connectivity index (χ4v) is 6.10. The number of hydrogen-bond acceptors (Lipinski definition) is 4. The van der Waals surface area contributed by atoms with Gasteiger partial charge in [-0.2, -0.15) is 0 Å². The van der Waals surface area contributed by atoms with Crippen molar-refractivity contribution in [2.45, 2.75) is 57.6 Å². The number of halogens is 2. The number of rotatable bonds is 11. The molecule has 0 spiro atoms. The molecule has 0 saturated heterocycles. The summed E-state index contributed by atoms with van der Waals surface area (Å²) in [5.74, 6) is -0.848. The Morgan fingerprint density at radius 3 is 2.26 bits per heavy atom. The maximum atomic E-state index is 14.0. The van der Waals surface area contributed by atoms with Gasteiger partial charge in [0.15, 0.2) is 0 Å². The lowest BCUT2D eigenvalue weighted by Crippen LogP contribution is -2.53. The minimum absolute atomic E-state index is 0.0411. The number of sulfonamides is 1. The van der Waals surface area contributed by atoms with Crippen LogP contribution in [0.5, 0.6) is 0 Å². The second-order valence-electron chi connectivity index (χ2n) is 9.50. The van der Waals surface area contributed by atoms with Crippen molar-refractivity contribution < 1.29 is 18.0 Å². The van der Waals surface area contributed by atoms with Gasteiger partial charge in [-0.1, -0.05) is 76.4 Å². The summed E-state index contributed by atoms with van der Waals surface area (Å²) in [7, 11) is -4.13. The first-order valence-electron chi connectivity index (χ1n) is 12.6. The van der Waals surface area contributed by atoms with E-state index < -0.39 is 28.5 Å². The molecule has 0 aliphatic carbocycles. The van der Waals surface area contributed by atoms with Crippen molar-refractivity contribution in [2.24, 2.45) is 0 Å². The zero-order valence-electron chi connectivity index (χ0n) is 22.4. The smallest absolute Gasteiger partial charge is 0.264 e. The van der Waals surface area contributed by atoms with E-state index in [1.165, 1.54) is 17.0 Å². The van der Waals surface area contributed by atoms with Gasteiger partial charge in [-0.3, -0.25) is 13.9 Å². The van der Waals surface area contributed by atoms with Crippen LogP contribution in [0.25, 0.3) is 0 Å². The molecule has 2 amide bonds. The molecule has 0 aliphatic rings. The van der Waals surface area contributed by atoms with Crippen LogP contribution in [0.1, 0.15) is 38.3 Å². The largest absolute Gasteiger partial charge is 0.352 e. The Kier molecular flexibility index (Phi) is 10.6. The lowest BCUT2D eigenvalue weighted by Gasteiger charge is -2.33. The first-order valence-corrected chi connectivity index (χ1v) is 15.2. The van der Waals surface area contributed by atoms with Crippen molar-refractivity contribution in [3.8, 4) is 0 Å². The van der Waals surface area contributed by atoms with Crippen LogP contribution in [0.2, 0.25) is 5.02 Å². The SMILES string of the molecule is CC[C@@H](C(=O)NC(C)C)N(Cc1ccccc1Cl)C(=O)CN(c1cccc(Br)c1)S(=O)(=O)c1ccc(C)cc1. The Morgan fingerprint density at radius 1 is 1.00 bits per heavy atom. The number of aryl methyl sites for hydroxylation is 1. The van der Waals surface area contributed by atoms with Gasteiger partial charge in [-0.15, -0.1) is 0 Å². The monoisotopic (exact) mass is 633 g/mol. The molecule has 3 aromatic carbocycles. The lowest BCUT2D eigenvalue weighted by atomic mass is 10.1. The first-order chi connectivity index (χ1) is 18.4. The molecule has 208 valence electrons. The zero-order valence-corrected chi connectivity index (χ0v) is 25.6. The average Bonchev–Trinajstić information content (AvgIpc) is 2.87. The van der Waals surface area contributed by atoms with E-state index in [1.54, 1.807) is 60.7 Å². The summed E-state index contributed by atoms with van der Waals surface area (Å²) in [4.78, 5) is 28.7. The maximum Gasteiger partial charge on any atom is 0.264 e. The molecular formula is C29H33BrClN3O4S. The van der Waals surface area contributed by atoms with Gasteiger partial charge in [0.2, 0.25) is 11.8 Å². The predicted octanol–water partition coefficient (Wildman–Crippen LogP) is 5.94. The van der Waals surface area contributed by atoms with Crippen molar-refractivity contribution in [1.29, 1.82) is 0 Å². The number of nitrogens with zero attached hydrogens (tertiary/aromatic N) is 2. The highest BCUT2D eigenvalue weighted by Crippen LogP contribution is 2.28. The van der Waals surface area contributed by atoms with Gasteiger partial charge in [0.1, 0.15) is 12.6 Å². The molecule has 0 aliphatic heterocycles. The van der Waals surface area contributed by atoms with Crippen LogP contribution in [0.4, 0.5) is 5.69 Å². The minimum atomic E-state index is -4.13. The number of anilines is 1. The zero-order chi connectivity index (χ0) is 28.7. The van der Waals surface area contributed by atoms with Crippen LogP contribution < -0.4 is 9.62 Å². The molecule has 0 aromatic heterocycles. The number of carbonyl (C=O) groups is 2. The fraction of sp³-hybridized carbons (Fsp3) is 0.310. The van der Waals surface area contributed by atoms with E-state index in [9.17, 15) is 18.0 Å². The van der Waals surface area contributed by atoms with E-state index in [4.69, 9.17) is 11.6 Å². The summed E-state index contributed by atoms with van der Waals surface area (Å²) >= 11 is 9.82. The maximum absolute atomic E-state index is 14.0. The van der Waals surface area contributed by atoms with Gasteiger partial charge in [0, 0.05) is 22.1 Å². The van der Waals surface area contributed by atoms with Crippen molar-refractivity contribution in [3.63, 3.8) is 0 Å². The van der Waals surface area contributed by atoms with E-state index in [0.29, 0.717) is 27.2 Å². The molecule has 0 heterocycles. The van der Waals surface area contributed by atoms with Gasteiger partial charge in [-0.25, -0.2) is 8.42 Å². The normalized spacial score (nSPS) is 12.2. The van der Waals surface area contributed by atoms with E-state index >= 15 is 0 Å². The number of benzene rings is 3. The van der Waals surface area contributed by atoms with Crippen molar-refractivity contribution in [1.82, 2.24) is 10.2 Å². The van der Waals surface area contributed by atoms with Crippen molar-refractivity contribution >= 4 is 55.1 Å². The third kappa shape index (κ3) is 7.84. The number of carbonyl (C=O) groups excluding carboxylic acids is 2. The van der Waals surface area contributed by atoms with Crippen LogP contribution in [-0.2, 0) is 26.2 Å². The molecular weight excluding hydrogens is 602 g/mol. The summed E-state index contributed by atoms with van der Waals surface area (Å²) < 4.78 is 29.5.